The van der Waals surface area contributed by atoms with Crippen molar-refractivity contribution in [1.82, 2.24) is 5.43 Å². The van der Waals surface area contributed by atoms with Gasteiger partial charge in [0.15, 0.2) is 11.5 Å². The van der Waals surface area contributed by atoms with Crippen molar-refractivity contribution in [3.05, 3.63) is 45.5 Å². The number of carbonyl (C=O) groups is 2. The van der Waals surface area contributed by atoms with Gasteiger partial charge in [0.25, 0.3) is 5.91 Å². The van der Waals surface area contributed by atoms with Gasteiger partial charge in [0, 0.05) is 5.69 Å². The first-order valence-corrected chi connectivity index (χ1v) is 11.2. The maximum Gasteiger partial charge on any atom is 0.252 e. The van der Waals surface area contributed by atoms with E-state index in [0.29, 0.717) is 29.5 Å². The third-order valence-corrected chi connectivity index (χ3v) is 5.31. The van der Waals surface area contributed by atoms with Crippen molar-refractivity contribution in [3.63, 3.8) is 0 Å². The second-order valence-corrected chi connectivity index (χ2v) is 8.30. The molecule has 0 aromatic heterocycles. The maximum atomic E-state index is 12.7. The van der Waals surface area contributed by atoms with Crippen molar-refractivity contribution in [2.24, 2.45) is 16.9 Å². The van der Waals surface area contributed by atoms with Crippen LogP contribution in [0, 0.1) is 15.4 Å². The molecule has 0 fully saturated rings. The van der Waals surface area contributed by atoms with E-state index in [1.165, 1.54) is 6.21 Å². The topological polar surface area (TPSA) is 98.2 Å². The van der Waals surface area contributed by atoms with E-state index >= 15 is 0 Å². The van der Waals surface area contributed by atoms with Gasteiger partial charge in [-0.3, -0.25) is 9.59 Å². The highest BCUT2D eigenvalue weighted by Gasteiger charge is 2.30. The van der Waals surface area contributed by atoms with Gasteiger partial charge in [-0.1, -0.05) is 13.8 Å². The second kappa shape index (κ2) is 12.3. The zero-order valence-electron chi connectivity index (χ0n) is 18.8. The Balaban J connectivity index is 2.09. The van der Waals surface area contributed by atoms with E-state index < -0.39 is 17.7 Å². The van der Waals surface area contributed by atoms with Crippen LogP contribution in [0.25, 0.3) is 0 Å². The lowest BCUT2D eigenvalue weighted by Gasteiger charge is -2.18. The number of ether oxygens (including phenoxy) is 3. The minimum absolute atomic E-state index is 0.227. The summed E-state index contributed by atoms with van der Waals surface area (Å²) in [6, 6.07) is 10.5. The van der Waals surface area contributed by atoms with Gasteiger partial charge in [-0.25, -0.2) is 5.43 Å². The van der Waals surface area contributed by atoms with Gasteiger partial charge in [-0.05, 0) is 77.4 Å². The number of nitrogens with zero attached hydrogens (tertiary/aromatic N) is 1. The number of hydrogen-bond donors (Lipinski definition) is 2. The predicted octanol–water partition coefficient (Wildman–Crippen LogP) is 4.07. The third kappa shape index (κ3) is 6.84. The van der Waals surface area contributed by atoms with Crippen LogP contribution in [-0.2, 0) is 9.59 Å². The van der Waals surface area contributed by atoms with Crippen molar-refractivity contribution >= 4 is 46.3 Å². The Bertz CT molecular complexity index is 961. The Labute approximate surface area is 201 Å². The van der Waals surface area contributed by atoms with Crippen LogP contribution in [0.4, 0.5) is 5.69 Å². The molecular weight excluding hydrogens is 525 g/mol. The number of hydrazone groups is 1. The van der Waals surface area contributed by atoms with Crippen LogP contribution in [0.2, 0.25) is 0 Å². The van der Waals surface area contributed by atoms with Crippen molar-refractivity contribution < 1.29 is 23.8 Å². The van der Waals surface area contributed by atoms with E-state index in [-0.39, 0.29) is 5.92 Å². The molecule has 0 spiro atoms. The number of benzene rings is 2. The average molecular weight is 553 g/mol. The zero-order valence-corrected chi connectivity index (χ0v) is 20.9. The number of hydrogen-bond acceptors (Lipinski definition) is 6. The molecule has 0 bridgehead atoms. The standard InChI is InChI=1S/C23H28IN3O5/c1-6-32-19-12-15(11-18(24)21(19)31-5)13-25-27-23(29)20(14(2)3)22(28)26-16-7-9-17(30-4)10-8-16/h7-14,20H,6H2,1-5H3,(H,26,28)(H,27,29). The Morgan fingerprint density at radius 1 is 1.09 bits per heavy atom. The molecule has 2 aromatic carbocycles. The molecule has 9 heteroatoms. The zero-order chi connectivity index (χ0) is 23.7. The number of methoxy groups -OCH3 is 2. The summed E-state index contributed by atoms with van der Waals surface area (Å²) in [6.07, 6.45) is 1.50. The summed E-state index contributed by atoms with van der Waals surface area (Å²) < 4.78 is 16.9. The first-order valence-electron chi connectivity index (χ1n) is 10.1. The number of carbonyl (C=O) groups excluding carboxylic acids is 2. The van der Waals surface area contributed by atoms with E-state index in [9.17, 15) is 9.59 Å². The van der Waals surface area contributed by atoms with Gasteiger partial charge in [0.1, 0.15) is 11.7 Å². The highest BCUT2D eigenvalue weighted by atomic mass is 127. The van der Waals surface area contributed by atoms with E-state index in [0.717, 1.165) is 9.13 Å². The Hall–Kier alpha value is -2.82. The van der Waals surface area contributed by atoms with Crippen LogP contribution in [0.15, 0.2) is 41.5 Å². The highest BCUT2D eigenvalue weighted by Crippen LogP contribution is 2.33. The fourth-order valence-electron chi connectivity index (χ4n) is 2.98. The van der Waals surface area contributed by atoms with E-state index in [1.54, 1.807) is 44.6 Å². The van der Waals surface area contributed by atoms with Crippen molar-refractivity contribution in [2.75, 3.05) is 26.1 Å². The van der Waals surface area contributed by atoms with Crippen LogP contribution in [0.3, 0.4) is 0 Å². The minimum Gasteiger partial charge on any atom is -0.497 e. The Morgan fingerprint density at radius 3 is 2.34 bits per heavy atom. The lowest BCUT2D eigenvalue weighted by molar-refractivity contribution is -0.134. The molecule has 0 saturated carbocycles. The molecule has 0 aliphatic heterocycles. The third-order valence-electron chi connectivity index (χ3n) is 4.51. The molecule has 0 heterocycles. The van der Waals surface area contributed by atoms with Crippen molar-refractivity contribution in [2.45, 2.75) is 20.8 Å². The molecule has 2 amide bonds. The lowest BCUT2D eigenvalue weighted by atomic mass is 9.94. The molecule has 8 nitrogen and oxygen atoms in total. The molecular formula is C23H28IN3O5. The van der Waals surface area contributed by atoms with Gasteiger partial charge in [-0.2, -0.15) is 5.10 Å². The SMILES string of the molecule is CCOc1cc(C=NNC(=O)C(C(=O)Nc2ccc(OC)cc2)C(C)C)cc(I)c1OC. The maximum absolute atomic E-state index is 12.7. The number of rotatable bonds is 10. The molecule has 2 rings (SSSR count). The van der Waals surface area contributed by atoms with Crippen LogP contribution < -0.4 is 25.0 Å². The quantitative estimate of drug-likeness (QED) is 0.200. The largest absolute Gasteiger partial charge is 0.497 e. The van der Waals surface area contributed by atoms with Crippen molar-refractivity contribution in [3.8, 4) is 17.2 Å². The van der Waals surface area contributed by atoms with E-state index in [1.807, 2.05) is 26.8 Å². The minimum atomic E-state index is -0.913. The summed E-state index contributed by atoms with van der Waals surface area (Å²) in [6.45, 7) is 5.99. The normalized spacial score (nSPS) is 11.8. The summed E-state index contributed by atoms with van der Waals surface area (Å²) in [4.78, 5) is 25.4. The fourth-order valence-corrected chi connectivity index (χ4v) is 3.83. The van der Waals surface area contributed by atoms with Crippen LogP contribution in [0.1, 0.15) is 26.3 Å². The highest BCUT2D eigenvalue weighted by molar-refractivity contribution is 14.1. The number of amides is 2. The van der Waals surface area contributed by atoms with E-state index in [4.69, 9.17) is 14.2 Å². The number of nitrogens with one attached hydrogen (secondary N) is 2. The van der Waals surface area contributed by atoms with Crippen LogP contribution in [0.5, 0.6) is 17.2 Å². The van der Waals surface area contributed by atoms with Gasteiger partial charge in [-0.15, -0.1) is 0 Å². The molecule has 0 saturated heterocycles. The summed E-state index contributed by atoms with van der Waals surface area (Å²) >= 11 is 2.14. The van der Waals surface area contributed by atoms with Crippen LogP contribution >= 0.6 is 22.6 Å². The average Bonchev–Trinajstić information content (AvgIpc) is 2.74. The molecule has 2 aromatic rings. The first kappa shape index (κ1) is 25.4. The van der Waals surface area contributed by atoms with E-state index in [2.05, 4.69) is 38.4 Å². The number of halogens is 1. The Kier molecular flexibility index (Phi) is 9.76. The molecule has 0 radical (unpaired) electrons. The van der Waals surface area contributed by atoms with Gasteiger partial charge in [0.2, 0.25) is 5.91 Å². The summed E-state index contributed by atoms with van der Waals surface area (Å²) in [5.41, 5.74) is 3.77. The number of anilines is 1. The van der Waals surface area contributed by atoms with Crippen molar-refractivity contribution in [1.29, 1.82) is 0 Å². The van der Waals surface area contributed by atoms with Gasteiger partial charge in [0.05, 0.1) is 30.6 Å². The first-order chi connectivity index (χ1) is 15.3. The molecule has 1 atom stereocenters. The molecule has 172 valence electrons. The molecule has 32 heavy (non-hydrogen) atoms. The summed E-state index contributed by atoms with van der Waals surface area (Å²) in [7, 11) is 3.15. The lowest BCUT2D eigenvalue weighted by Crippen LogP contribution is -2.39. The molecule has 0 aliphatic carbocycles. The summed E-state index contributed by atoms with van der Waals surface area (Å²) in [5.74, 6) is -0.126. The monoisotopic (exact) mass is 553 g/mol. The molecule has 0 aliphatic rings. The predicted molar refractivity (Wildman–Crippen MR) is 133 cm³/mol. The molecule has 2 N–H and O–H groups in total. The van der Waals surface area contributed by atoms with Crippen LogP contribution in [-0.4, -0.2) is 38.9 Å². The second-order valence-electron chi connectivity index (χ2n) is 7.14. The summed E-state index contributed by atoms with van der Waals surface area (Å²) in [5, 5.41) is 6.80. The van der Waals surface area contributed by atoms with Gasteiger partial charge >= 0.3 is 0 Å². The Morgan fingerprint density at radius 2 is 1.78 bits per heavy atom. The smallest absolute Gasteiger partial charge is 0.252 e. The molecule has 1 unspecified atom stereocenters. The van der Waals surface area contributed by atoms with Gasteiger partial charge < -0.3 is 19.5 Å². The fraction of sp³-hybridized carbons (Fsp3) is 0.348.